The third-order valence-electron chi connectivity index (χ3n) is 0.749. The zero-order valence-corrected chi connectivity index (χ0v) is 8.94. The van der Waals surface area contributed by atoms with Crippen LogP contribution in [0.4, 0.5) is 9.59 Å². The highest BCUT2D eigenvalue weighted by Gasteiger charge is 2.00. The molecule has 0 atom stereocenters. The SMILES string of the molecule is CC.CCOC(=O)/N=N/C(=O)OCC. The first-order valence-electron chi connectivity index (χ1n) is 4.46. The normalized spacial score (nSPS) is 8.86. The topological polar surface area (TPSA) is 77.3 Å². The van der Waals surface area contributed by atoms with E-state index in [1.807, 2.05) is 13.8 Å². The Kier molecular flexibility index (Phi) is 12.4. The largest absolute Gasteiger partial charge is 0.452 e. The molecule has 0 unspecified atom stereocenters. The van der Waals surface area contributed by atoms with E-state index in [1.165, 1.54) is 0 Å². The summed E-state index contributed by atoms with van der Waals surface area (Å²) in [5, 5.41) is 5.84. The maximum atomic E-state index is 10.5. The summed E-state index contributed by atoms with van der Waals surface area (Å²) in [4.78, 5) is 20.9. The van der Waals surface area contributed by atoms with Crippen molar-refractivity contribution in [3.05, 3.63) is 0 Å². The number of hydrogen-bond acceptors (Lipinski definition) is 4. The lowest BCUT2D eigenvalue weighted by Gasteiger charge is -1.93. The van der Waals surface area contributed by atoms with E-state index in [-0.39, 0.29) is 13.2 Å². The van der Waals surface area contributed by atoms with Gasteiger partial charge in [0.1, 0.15) is 0 Å². The molecule has 6 nitrogen and oxygen atoms in total. The molecule has 0 aromatic heterocycles. The molecule has 0 heterocycles. The van der Waals surface area contributed by atoms with Crippen molar-refractivity contribution in [2.45, 2.75) is 27.7 Å². The van der Waals surface area contributed by atoms with Crippen molar-refractivity contribution in [3.63, 3.8) is 0 Å². The zero-order valence-electron chi connectivity index (χ0n) is 8.94. The van der Waals surface area contributed by atoms with Gasteiger partial charge in [-0.1, -0.05) is 24.1 Å². The molecule has 14 heavy (non-hydrogen) atoms. The van der Waals surface area contributed by atoms with Crippen LogP contribution in [0.1, 0.15) is 27.7 Å². The number of azo groups is 1. The quantitative estimate of drug-likeness (QED) is 0.648. The zero-order chi connectivity index (χ0) is 11.4. The molecule has 6 heteroatoms. The van der Waals surface area contributed by atoms with Crippen LogP contribution < -0.4 is 0 Å². The van der Waals surface area contributed by atoms with Gasteiger partial charge in [0, 0.05) is 0 Å². The van der Waals surface area contributed by atoms with E-state index < -0.39 is 12.2 Å². The molecule has 0 rings (SSSR count). The fourth-order valence-corrected chi connectivity index (χ4v) is 0.386. The van der Waals surface area contributed by atoms with Crippen LogP contribution in [0.3, 0.4) is 0 Å². The van der Waals surface area contributed by atoms with Crippen LogP contribution in [0.15, 0.2) is 10.2 Å². The smallest absolute Gasteiger partial charge is 0.447 e. The lowest BCUT2D eigenvalue weighted by Crippen LogP contribution is -2.00. The number of ether oxygens (including phenoxy) is 2. The minimum atomic E-state index is -0.898. The summed E-state index contributed by atoms with van der Waals surface area (Å²) >= 11 is 0. The highest BCUT2D eigenvalue weighted by atomic mass is 16.6. The lowest BCUT2D eigenvalue weighted by atomic mass is 10.9. The van der Waals surface area contributed by atoms with E-state index in [4.69, 9.17) is 0 Å². The van der Waals surface area contributed by atoms with E-state index in [0.29, 0.717) is 0 Å². The molecule has 0 saturated carbocycles. The van der Waals surface area contributed by atoms with Crippen LogP contribution in [0.25, 0.3) is 0 Å². The number of rotatable bonds is 2. The summed E-state index contributed by atoms with van der Waals surface area (Å²) < 4.78 is 8.73. The molecule has 0 radical (unpaired) electrons. The first-order chi connectivity index (χ1) is 6.70. The second-order valence-corrected chi connectivity index (χ2v) is 1.60. The monoisotopic (exact) mass is 204 g/mol. The molecule has 0 saturated heterocycles. The van der Waals surface area contributed by atoms with Crippen molar-refractivity contribution in [2.75, 3.05) is 13.2 Å². The van der Waals surface area contributed by atoms with Gasteiger partial charge in [-0.2, -0.15) is 0 Å². The van der Waals surface area contributed by atoms with Gasteiger partial charge in [-0.05, 0) is 13.8 Å². The minimum Gasteiger partial charge on any atom is -0.447 e. The van der Waals surface area contributed by atoms with Gasteiger partial charge in [0.05, 0.1) is 13.2 Å². The van der Waals surface area contributed by atoms with Crippen molar-refractivity contribution in [1.29, 1.82) is 0 Å². The van der Waals surface area contributed by atoms with Crippen molar-refractivity contribution >= 4 is 12.2 Å². The molecule has 0 aliphatic rings. The Morgan fingerprint density at radius 1 is 0.929 bits per heavy atom. The second kappa shape index (κ2) is 11.5. The maximum Gasteiger partial charge on any atom is 0.452 e. The minimum absolute atomic E-state index is 0.195. The van der Waals surface area contributed by atoms with Gasteiger partial charge >= 0.3 is 12.2 Å². The van der Waals surface area contributed by atoms with Crippen molar-refractivity contribution in [1.82, 2.24) is 0 Å². The van der Waals surface area contributed by atoms with Gasteiger partial charge in [-0.3, -0.25) is 0 Å². The van der Waals surface area contributed by atoms with E-state index in [1.54, 1.807) is 13.8 Å². The van der Waals surface area contributed by atoms with Gasteiger partial charge in [-0.15, -0.1) is 0 Å². The Morgan fingerprint density at radius 2 is 1.21 bits per heavy atom. The molecular formula is C8H16N2O4. The molecule has 0 aliphatic carbocycles. The van der Waals surface area contributed by atoms with Crippen molar-refractivity contribution in [2.24, 2.45) is 10.2 Å². The Balaban J connectivity index is 0. The van der Waals surface area contributed by atoms with Gasteiger partial charge in [0.25, 0.3) is 0 Å². The Morgan fingerprint density at radius 3 is 1.43 bits per heavy atom. The molecule has 0 aliphatic heterocycles. The molecule has 2 amide bonds. The first kappa shape index (κ1) is 15.0. The molecule has 0 bridgehead atoms. The summed E-state index contributed by atoms with van der Waals surface area (Å²) in [6, 6.07) is 0. The predicted molar refractivity (Wildman–Crippen MR) is 50.2 cm³/mol. The van der Waals surface area contributed by atoms with Crippen molar-refractivity contribution < 1.29 is 19.1 Å². The summed E-state index contributed by atoms with van der Waals surface area (Å²) in [7, 11) is 0. The molecule has 0 spiro atoms. The third-order valence-corrected chi connectivity index (χ3v) is 0.749. The third kappa shape index (κ3) is 10.5. The summed E-state index contributed by atoms with van der Waals surface area (Å²) in [6.45, 7) is 7.64. The Hall–Kier alpha value is -1.46. The average Bonchev–Trinajstić information content (AvgIpc) is 2.19. The summed E-state index contributed by atoms with van der Waals surface area (Å²) in [5.41, 5.74) is 0. The molecule has 0 fully saturated rings. The highest BCUT2D eigenvalue weighted by Crippen LogP contribution is 1.88. The fourth-order valence-electron chi connectivity index (χ4n) is 0.386. The van der Waals surface area contributed by atoms with Crippen LogP contribution in [-0.4, -0.2) is 25.4 Å². The van der Waals surface area contributed by atoms with Crippen LogP contribution >= 0.6 is 0 Å². The predicted octanol–water partition coefficient (Wildman–Crippen LogP) is 2.78. The first-order valence-corrected chi connectivity index (χ1v) is 4.46. The fraction of sp³-hybridized carbons (Fsp3) is 0.750. The van der Waals surface area contributed by atoms with Gasteiger partial charge in [0.15, 0.2) is 0 Å². The van der Waals surface area contributed by atoms with Crippen LogP contribution in [-0.2, 0) is 9.47 Å². The highest BCUT2D eigenvalue weighted by molar-refractivity contribution is 5.73. The van der Waals surface area contributed by atoms with E-state index >= 15 is 0 Å². The molecule has 0 N–H and O–H groups in total. The van der Waals surface area contributed by atoms with Crippen molar-refractivity contribution in [3.8, 4) is 0 Å². The summed E-state index contributed by atoms with van der Waals surface area (Å²) in [5.74, 6) is 0. The maximum absolute atomic E-state index is 10.5. The van der Waals surface area contributed by atoms with Gasteiger partial charge in [-0.25, -0.2) is 9.59 Å². The standard InChI is InChI=1S/C6H10N2O4.C2H6/c1-3-11-5(9)7-8-6(10)12-4-2;1-2/h3-4H2,1-2H3;1-2H3/b8-7+;. The summed E-state index contributed by atoms with van der Waals surface area (Å²) in [6.07, 6.45) is -1.80. The number of nitrogens with zero attached hydrogens (tertiary/aromatic N) is 2. The van der Waals surface area contributed by atoms with E-state index in [2.05, 4.69) is 19.7 Å². The Labute approximate surface area is 83.3 Å². The average molecular weight is 204 g/mol. The molecule has 0 aromatic rings. The molecular weight excluding hydrogens is 188 g/mol. The van der Waals surface area contributed by atoms with Gasteiger partial charge in [0.2, 0.25) is 0 Å². The number of amides is 2. The van der Waals surface area contributed by atoms with Gasteiger partial charge < -0.3 is 9.47 Å². The molecule has 82 valence electrons. The number of hydrogen-bond donors (Lipinski definition) is 0. The van der Waals surface area contributed by atoms with Crippen LogP contribution in [0, 0.1) is 0 Å². The van der Waals surface area contributed by atoms with Crippen LogP contribution in [0.5, 0.6) is 0 Å². The second-order valence-electron chi connectivity index (χ2n) is 1.60. The lowest BCUT2D eigenvalue weighted by molar-refractivity contribution is 0.152. The van der Waals surface area contributed by atoms with Crippen LogP contribution in [0.2, 0.25) is 0 Å². The molecule has 0 aromatic carbocycles. The Bertz CT molecular complexity index is 172. The van der Waals surface area contributed by atoms with E-state index in [9.17, 15) is 9.59 Å². The van der Waals surface area contributed by atoms with E-state index in [0.717, 1.165) is 0 Å². The number of carbonyl (C=O) groups is 2. The number of carbonyl (C=O) groups excluding carboxylic acids is 2.